The fourth-order valence-corrected chi connectivity index (χ4v) is 5.52. The van der Waals surface area contributed by atoms with Gasteiger partial charge in [-0.3, -0.25) is 24.0 Å². The summed E-state index contributed by atoms with van der Waals surface area (Å²) in [5.41, 5.74) is 0.140. The van der Waals surface area contributed by atoms with Crippen LogP contribution in [0.5, 0.6) is 11.5 Å². The molecule has 2 amide bonds. The minimum atomic E-state index is -0.793. The number of hydrogen-bond acceptors (Lipinski definition) is 13. The van der Waals surface area contributed by atoms with E-state index in [-0.39, 0.29) is 38.1 Å². The monoisotopic (exact) mass is 859 g/mol. The highest BCUT2D eigenvalue weighted by Crippen LogP contribution is 2.26. The standard InChI is InChI=1S/C24H38N2O6.C22H36N2O5/c1-8-9-13-30-19-12-10-11-18(14-19)20(23(29)32-24(3,4)5)15-25-21(16-31-17(2)27)22(28)26(6)7;1-7-8-12-28-17-11-9-10-16(13-17)18(21(27)29-22(2,3)4)14-23-19(15-25)20(26)24(5)6/h10-12,14,20-21,25H,8-9,13,15-16H2,1-7H3;9-11,13,18-19,23,25H,7-8,12,14-15H2,1-6H3. The predicted octanol–water partition coefficient (Wildman–Crippen LogP) is 5.23. The Kier molecular flexibility index (Phi) is 24.3. The highest BCUT2D eigenvalue weighted by atomic mass is 16.6. The maximum Gasteiger partial charge on any atom is 0.315 e. The van der Waals surface area contributed by atoms with Gasteiger partial charge in [0.1, 0.15) is 41.4 Å². The molecular formula is C46H74N4O11. The Hall–Kier alpha value is -4.73. The average Bonchev–Trinajstić information content (AvgIpc) is 3.16. The largest absolute Gasteiger partial charge is 0.494 e. The van der Waals surface area contributed by atoms with Gasteiger partial charge >= 0.3 is 17.9 Å². The van der Waals surface area contributed by atoms with Gasteiger partial charge < -0.3 is 49.2 Å². The first-order valence-corrected chi connectivity index (χ1v) is 21.1. The van der Waals surface area contributed by atoms with Crippen LogP contribution in [-0.2, 0) is 38.2 Å². The first-order chi connectivity index (χ1) is 28.5. The zero-order valence-corrected chi connectivity index (χ0v) is 38.9. The highest BCUT2D eigenvalue weighted by molar-refractivity contribution is 5.83. The van der Waals surface area contributed by atoms with Gasteiger partial charge in [0.2, 0.25) is 11.8 Å². The van der Waals surface area contributed by atoms with Gasteiger partial charge in [-0.15, -0.1) is 0 Å². The number of ether oxygens (including phenoxy) is 5. The van der Waals surface area contributed by atoms with Crippen LogP contribution >= 0.6 is 0 Å². The number of rotatable bonds is 23. The van der Waals surface area contributed by atoms with Crippen LogP contribution in [-0.4, -0.2) is 136 Å². The minimum absolute atomic E-state index is 0.124. The number of likely N-dealkylation sites (N-methyl/N-ethyl adjacent to an activating group) is 2. The molecule has 4 atom stereocenters. The van der Waals surface area contributed by atoms with Crippen LogP contribution in [0.1, 0.15) is 111 Å². The smallest absolute Gasteiger partial charge is 0.315 e. The van der Waals surface area contributed by atoms with Crippen LogP contribution in [0.3, 0.4) is 0 Å². The summed E-state index contributed by atoms with van der Waals surface area (Å²) in [5, 5.41) is 15.7. The lowest BCUT2D eigenvalue weighted by Crippen LogP contribution is -2.49. The lowest BCUT2D eigenvalue weighted by atomic mass is 9.98. The molecule has 0 radical (unpaired) electrons. The Bertz CT molecular complexity index is 1650. The molecule has 2 aromatic carbocycles. The van der Waals surface area contributed by atoms with Crippen LogP contribution < -0.4 is 20.1 Å². The van der Waals surface area contributed by atoms with Gasteiger partial charge in [0.05, 0.1) is 31.7 Å². The molecular weight excluding hydrogens is 785 g/mol. The van der Waals surface area contributed by atoms with Crippen molar-refractivity contribution < 1.29 is 52.8 Å². The van der Waals surface area contributed by atoms with E-state index in [1.165, 1.54) is 16.7 Å². The number of benzene rings is 2. The predicted molar refractivity (Wildman–Crippen MR) is 236 cm³/mol. The van der Waals surface area contributed by atoms with Crippen molar-refractivity contribution in [3.8, 4) is 11.5 Å². The SMILES string of the molecule is CCCCOc1cccc(C(CNC(CO)C(=O)N(C)C)C(=O)OC(C)(C)C)c1.CCCCOc1cccc(C(CNC(COC(C)=O)C(=O)N(C)C)C(=O)OC(C)(C)C)c1. The van der Waals surface area contributed by atoms with E-state index in [1.807, 2.05) is 69.3 Å². The average molecular weight is 859 g/mol. The zero-order valence-electron chi connectivity index (χ0n) is 38.9. The molecule has 0 fully saturated rings. The van der Waals surface area contributed by atoms with Gasteiger partial charge in [-0.2, -0.15) is 0 Å². The fourth-order valence-electron chi connectivity index (χ4n) is 5.52. The second-order valence-electron chi connectivity index (χ2n) is 17.1. The number of nitrogens with one attached hydrogen (secondary N) is 2. The van der Waals surface area contributed by atoms with Crippen molar-refractivity contribution in [2.75, 3.05) is 67.7 Å². The van der Waals surface area contributed by atoms with Crippen LogP contribution in [0.15, 0.2) is 48.5 Å². The Morgan fingerprint density at radius 1 is 0.656 bits per heavy atom. The second-order valence-corrected chi connectivity index (χ2v) is 17.1. The number of amides is 2. The summed E-state index contributed by atoms with van der Waals surface area (Å²) in [5.74, 6) is -1.78. The molecule has 0 aliphatic heterocycles. The fraction of sp³-hybridized carbons (Fsp3) is 0.630. The van der Waals surface area contributed by atoms with E-state index in [0.29, 0.717) is 30.3 Å². The molecule has 0 saturated carbocycles. The molecule has 0 aromatic heterocycles. The van der Waals surface area contributed by atoms with Gasteiger partial charge in [0.15, 0.2) is 0 Å². The molecule has 0 spiro atoms. The lowest BCUT2D eigenvalue weighted by molar-refractivity contribution is -0.158. The minimum Gasteiger partial charge on any atom is -0.494 e. The summed E-state index contributed by atoms with van der Waals surface area (Å²) >= 11 is 0. The molecule has 344 valence electrons. The molecule has 0 heterocycles. The third-order valence-corrected chi connectivity index (χ3v) is 8.69. The number of carbonyl (C=O) groups is 5. The third kappa shape index (κ3) is 22.1. The molecule has 2 rings (SSSR count). The van der Waals surface area contributed by atoms with Crippen molar-refractivity contribution >= 4 is 29.7 Å². The first kappa shape index (κ1) is 54.3. The summed E-state index contributed by atoms with van der Waals surface area (Å²) in [6, 6.07) is 13.1. The lowest BCUT2D eigenvalue weighted by Gasteiger charge is -2.27. The van der Waals surface area contributed by atoms with E-state index in [4.69, 9.17) is 23.7 Å². The second kappa shape index (κ2) is 27.3. The zero-order chi connectivity index (χ0) is 46.3. The van der Waals surface area contributed by atoms with Gasteiger partial charge in [0, 0.05) is 48.2 Å². The number of aliphatic hydroxyl groups excluding tert-OH is 1. The van der Waals surface area contributed by atoms with E-state index < -0.39 is 53.0 Å². The number of aliphatic hydroxyl groups is 1. The molecule has 15 heteroatoms. The molecule has 0 aliphatic rings. The van der Waals surface area contributed by atoms with E-state index in [2.05, 4.69) is 24.5 Å². The molecule has 61 heavy (non-hydrogen) atoms. The van der Waals surface area contributed by atoms with Gasteiger partial charge in [0.25, 0.3) is 0 Å². The number of carbonyl (C=O) groups excluding carboxylic acids is 5. The molecule has 4 unspecified atom stereocenters. The molecule has 2 aromatic rings. The van der Waals surface area contributed by atoms with Crippen LogP contribution in [0.2, 0.25) is 0 Å². The van der Waals surface area contributed by atoms with Crippen LogP contribution in [0, 0.1) is 0 Å². The van der Waals surface area contributed by atoms with Crippen molar-refractivity contribution in [3.05, 3.63) is 59.7 Å². The van der Waals surface area contributed by atoms with Crippen molar-refractivity contribution in [2.24, 2.45) is 0 Å². The van der Waals surface area contributed by atoms with Crippen molar-refractivity contribution in [2.45, 2.75) is 123 Å². The summed E-state index contributed by atoms with van der Waals surface area (Å²) in [6.07, 6.45) is 3.94. The van der Waals surface area contributed by atoms with Gasteiger partial charge in [-0.25, -0.2) is 0 Å². The highest BCUT2D eigenvalue weighted by Gasteiger charge is 2.31. The maximum absolute atomic E-state index is 13.0. The number of nitrogens with zero attached hydrogens (tertiary/aromatic N) is 2. The van der Waals surface area contributed by atoms with Gasteiger partial charge in [-0.05, 0) is 89.8 Å². The summed E-state index contributed by atoms with van der Waals surface area (Å²) in [6.45, 7) is 17.3. The molecule has 0 bridgehead atoms. The van der Waals surface area contributed by atoms with Crippen LogP contribution in [0.4, 0.5) is 0 Å². The van der Waals surface area contributed by atoms with Crippen molar-refractivity contribution in [1.29, 1.82) is 0 Å². The molecule has 0 aliphatic carbocycles. The van der Waals surface area contributed by atoms with Crippen LogP contribution in [0.25, 0.3) is 0 Å². The first-order valence-electron chi connectivity index (χ1n) is 21.1. The maximum atomic E-state index is 13.0. The van der Waals surface area contributed by atoms with E-state index in [1.54, 1.807) is 49.0 Å². The summed E-state index contributed by atoms with van der Waals surface area (Å²) in [4.78, 5) is 64.7. The van der Waals surface area contributed by atoms with Gasteiger partial charge in [-0.1, -0.05) is 51.0 Å². The number of hydrogen-bond donors (Lipinski definition) is 3. The summed E-state index contributed by atoms with van der Waals surface area (Å²) in [7, 11) is 6.48. The van der Waals surface area contributed by atoms with E-state index in [9.17, 15) is 29.1 Å². The Labute approximate surface area is 364 Å². The Morgan fingerprint density at radius 2 is 1.05 bits per heavy atom. The quantitative estimate of drug-likeness (QED) is 0.0752. The number of esters is 3. The van der Waals surface area contributed by atoms with E-state index >= 15 is 0 Å². The molecule has 0 saturated heterocycles. The number of unbranched alkanes of at least 4 members (excludes halogenated alkanes) is 2. The molecule has 3 N–H and O–H groups in total. The van der Waals surface area contributed by atoms with Crippen molar-refractivity contribution in [1.82, 2.24) is 20.4 Å². The Morgan fingerprint density at radius 3 is 1.39 bits per heavy atom. The van der Waals surface area contributed by atoms with Crippen molar-refractivity contribution in [3.63, 3.8) is 0 Å². The van der Waals surface area contributed by atoms with E-state index in [0.717, 1.165) is 31.2 Å². The molecule has 15 nitrogen and oxygen atoms in total. The third-order valence-electron chi connectivity index (χ3n) is 8.69. The normalized spacial score (nSPS) is 13.3. The Balaban J connectivity index is 0.000000613. The summed E-state index contributed by atoms with van der Waals surface area (Å²) < 4.78 is 27.8. The topological polar surface area (TPSA) is 182 Å².